The summed E-state index contributed by atoms with van der Waals surface area (Å²) in [7, 11) is 1.42. The number of hydrogen-bond acceptors (Lipinski definition) is 4. The molecule has 2 aromatic carbocycles. The number of phenols is 1. The number of thiocarbonyl (C=S) groups is 1. The fraction of sp³-hybridized carbons (Fsp3) is 0.125. The second-order valence-electron chi connectivity index (χ2n) is 4.80. The van der Waals surface area contributed by atoms with Crippen molar-refractivity contribution in [2.24, 2.45) is 5.10 Å². The van der Waals surface area contributed by atoms with Crippen LogP contribution in [0, 0.1) is 0 Å². The number of halogens is 3. The van der Waals surface area contributed by atoms with Crippen molar-refractivity contribution in [3.63, 3.8) is 0 Å². The minimum atomic E-state index is -4.50. The van der Waals surface area contributed by atoms with E-state index in [1.807, 2.05) is 0 Å². The van der Waals surface area contributed by atoms with Gasteiger partial charge >= 0.3 is 6.18 Å². The summed E-state index contributed by atoms with van der Waals surface area (Å²) in [5.41, 5.74) is 1.96. The SMILES string of the molecule is COc1ccc(C=NNC(=S)Nc2ccccc2C(F)(F)F)cc1O. The molecule has 2 aromatic rings. The normalized spacial score (nSPS) is 11.4. The molecule has 0 aliphatic rings. The molecule has 9 heteroatoms. The summed E-state index contributed by atoms with van der Waals surface area (Å²) in [6.45, 7) is 0. The van der Waals surface area contributed by atoms with E-state index in [-0.39, 0.29) is 16.5 Å². The predicted octanol–water partition coefficient (Wildman–Crippen LogP) is 3.74. The summed E-state index contributed by atoms with van der Waals surface area (Å²) in [4.78, 5) is 0. The van der Waals surface area contributed by atoms with Gasteiger partial charge in [0, 0.05) is 0 Å². The summed E-state index contributed by atoms with van der Waals surface area (Å²) in [5.74, 6) is 0.248. The third-order valence-corrected chi connectivity index (χ3v) is 3.26. The zero-order valence-corrected chi connectivity index (χ0v) is 13.8. The third kappa shape index (κ3) is 5.08. The van der Waals surface area contributed by atoms with E-state index in [9.17, 15) is 18.3 Å². The summed E-state index contributed by atoms with van der Waals surface area (Å²) < 4.78 is 43.6. The number of ether oxygens (including phenoxy) is 1. The van der Waals surface area contributed by atoms with Crippen LogP contribution in [0.15, 0.2) is 47.6 Å². The fourth-order valence-corrected chi connectivity index (χ4v) is 2.10. The Morgan fingerprint density at radius 1 is 1.24 bits per heavy atom. The van der Waals surface area contributed by atoms with Gasteiger partial charge in [-0.1, -0.05) is 12.1 Å². The number of hydrogen-bond donors (Lipinski definition) is 3. The zero-order chi connectivity index (χ0) is 18.4. The van der Waals surface area contributed by atoms with E-state index in [1.54, 1.807) is 12.1 Å². The van der Waals surface area contributed by atoms with Crippen LogP contribution in [0.5, 0.6) is 11.5 Å². The summed E-state index contributed by atoms with van der Waals surface area (Å²) in [5, 5.41) is 15.8. The molecule has 5 nitrogen and oxygen atoms in total. The zero-order valence-electron chi connectivity index (χ0n) is 13.0. The molecule has 25 heavy (non-hydrogen) atoms. The first-order valence-electron chi connectivity index (χ1n) is 6.94. The van der Waals surface area contributed by atoms with Crippen LogP contribution in [-0.2, 0) is 6.18 Å². The van der Waals surface area contributed by atoms with Crippen molar-refractivity contribution in [1.82, 2.24) is 5.43 Å². The molecule has 0 unspecified atom stereocenters. The van der Waals surface area contributed by atoms with E-state index in [1.165, 1.54) is 37.6 Å². The monoisotopic (exact) mass is 369 g/mol. The Kier molecular flexibility index (Phi) is 5.81. The van der Waals surface area contributed by atoms with Crippen molar-refractivity contribution in [2.75, 3.05) is 12.4 Å². The highest BCUT2D eigenvalue weighted by atomic mass is 32.1. The van der Waals surface area contributed by atoms with Crippen LogP contribution < -0.4 is 15.5 Å². The van der Waals surface area contributed by atoms with Gasteiger partial charge < -0.3 is 15.2 Å². The van der Waals surface area contributed by atoms with Crippen molar-refractivity contribution >= 4 is 29.2 Å². The number of aromatic hydroxyl groups is 1. The van der Waals surface area contributed by atoms with Crippen LogP contribution in [0.2, 0.25) is 0 Å². The molecule has 0 bridgehead atoms. The molecule has 132 valence electrons. The second-order valence-corrected chi connectivity index (χ2v) is 5.21. The van der Waals surface area contributed by atoms with E-state index in [0.717, 1.165) is 6.07 Å². The highest BCUT2D eigenvalue weighted by Crippen LogP contribution is 2.34. The standard InChI is InChI=1S/C16H14F3N3O2S/c1-24-14-7-6-10(8-13(14)23)9-20-22-15(25)21-12-5-3-2-4-11(12)16(17,18)19/h2-9,23H,1H3,(H2,21,22,25). The van der Waals surface area contributed by atoms with Crippen LogP contribution in [0.1, 0.15) is 11.1 Å². The van der Waals surface area contributed by atoms with Gasteiger partial charge in [-0.3, -0.25) is 5.43 Å². The van der Waals surface area contributed by atoms with Crippen molar-refractivity contribution in [2.45, 2.75) is 6.18 Å². The van der Waals surface area contributed by atoms with Gasteiger partial charge in [0.05, 0.1) is 24.6 Å². The Hall–Kier alpha value is -2.81. The molecule has 0 heterocycles. The first kappa shape index (κ1) is 18.5. The predicted molar refractivity (Wildman–Crippen MR) is 93.1 cm³/mol. The number of rotatable bonds is 4. The van der Waals surface area contributed by atoms with Gasteiger partial charge in [0.25, 0.3) is 0 Å². The largest absolute Gasteiger partial charge is 0.504 e. The number of alkyl halides is 3. The average Bonchev–Trinajstić information content (AvgIpc) is 2.54. The topological polar surface area (TPSA) is 65.9 Å². The van der Waals surface area contributed by atoms with Gasteiger partial charge in [0.2, 0.25) is 0 Å². The molecule has 0 spiro atoms. The van der Waals surface area contributed by atoms with E-state index in [4.69, 9.17) is 17.0 Å². The molecule has 0 radical (unpaired) electrons. The Morgan fingerprint density at radius 2 is 1.96 bits per heavy atom. The second kappa shape index (κ2) is 7.84. The molecule has 3 N–H and O–H groups in total. The number of nitrogens with zero attached hydrogens (tertiary/aromatic N) is 1. The minimum Gasteiger partial charge on any atom is -0.504 e. The lowest BCUT2D eigenvalue weighted by Crippen LogP contribution is -2.25. The molecule has 2 rings (SSSR count). The molecule has 0 aliphatic heterocycles. The van der Waals surface area contributed by atoms with E-state index >= 15 is 0 Å². The highest BCUT2D eigenvalue weighted by molar-refractivity contribution is 7.80. The molecular formula is C16H14F3N3O2S. The first-order valence-corrected chi connectivity index (χ1v) is 7.35. The molecule has 0 aromatic heterocycles. The van der Waals surface area contributed by atoms with Gasteiger partial charge in [0.15, 0.2) is 16.6 Å². The number of nitrogens with one attached hydrogen (secondary N) is 2. The van der Waals surface area contributed by atoms with Gasteiger partial charge in [-0.15, -0.1) is 0 Å². The van der Waals surface area contributed by atoms with Crippen LogP contribution in [-0.4, -0.2) is 23.5 Å². The van der Waals surface area contributed by atoms with Crippen molar-refractivity contribution in [3.05, 3.63) is 53.6 Å². The molecule has 0 fully saturated rings. The Bertz CT molecular complexity index is 794. The first-order chi connectivity index (χ1) is 11.8. The van der Waals surface area contributed by atoms with Crippen LogP contribution in [0.25, 0.3) is 0 Å². The van der Waals surface area contributed by atoms with Crippen LogP contribution in [0.3, 0.4) is 0 Å². The van der Waals surface area contributed by atoms with Crippen LogP contribution >= 0.6 is 12.2 Å². The highest BCUT2D eigenvalue weighted by Gasteiger charge is 2.33. The average molecular weight is 369 g/mol. The smallest absolute Gasteiger partial charge is 0.418 e. The van der Waals surface area contributed by atoms with E-state index < -0.39 is 11.7 Å². The van der Waals surface area contributed by atoms with Crippen molar-refractivity contribution < 1.29 is 23.0 Å². The lowest BCUT2D eigenvalue weighted by molar-refractivity contribution is -0.136. The third-order valence-electron chi connectivity index (χ3n) is 3.06. The Morgan fingerprint density at radius 3 is 2.60 bits per heavy atom. The molecular weight excluding hydrogens is 355 g/mol. The number of methoxy groups -OCH3 is 1. The quantitative estimate of drug-likeness (QED) is 0.435. The fourth-order valence-electron chi connectivity index (χ4n) is 1.94. The number of phenolic OH excluding ortho intramolecular Hbond substituents is 1. The van der Waals surface area contributed by atoms with E-state index in [0.29, 0.717) is 11.3 Å². The van der Waals surface area contributed by atoms with Crippen LogP contribution in [0.4, 0.5) is 18.9 Å². The number of hydrazone groups is 1. The number of anilines is 1. The number of benzene rings is 2. The molecule has 0 saturated carbocycles. The van der Waals surface area contributed by atoms with Gasteiger partial charge in [-0.2, -0.15) is 18.3 Å². The van der Waals surface area contributed by atoms with Gasteiger partial charge in [-0.25, -0.2) is 0 Å². The van der Waals surface area contributed by atoms with Gasteiger partial charge in [0.1, 0.15) is 0 Å². The van der Waals surface area contributed by atoms with Crippen molar-refractivity contribution in [1.29, 1.82) is 0 Å². The summed E-state index contributed by atoms with van der Waals surface area (Å²) >= 11 is 4.93. The lowest BCUT2D eigenvalue weighted by Gasteiger charge is -2.14. The molecule has 0 aliphatic carbocycles. The summed E-state index contributed by atoms with van der Waals surface area (Å²) in [6, 6.07) is 9.57. The summed E-state index contributed by atoms with van der Waals surface area (Å²) in [6.07, 6.45) is -3.15. The Balaban J connectivity index is 2.01. The van der Waals surface area contributed by atoms with Gasteiger partial charge in [-0.05, 0) is 48.1 Å². The molecule has 0 atom stereocenters. The molecule has 0 amide bonds. The van der Waals surface area contributed by atoms with Crippen molar-refractivity contribution in [3.8, 4) is 11.5 Å². The number of para-hydroxylation sites is 1. The maximum absolute atomic E-state index is 12.9. The maximum Gasteiger partial charge on any atom is 0.418 e. The molecule has 0 saturated heterocycles. The lowest BCUT2D eigenvalue weighted by atomic mass is 10.2. The maximum atomic E-state index is 12.9. The Labute approximate surface area is 147 Å². The minimum absolute atomic E-state index is 0.0637. The van der Waals surface area contributed by atoms with E-state index in [2.05, 4.69) is 15.8 Å².